The van der Waals surface area contributed by atoms with Gasteiger partial charge in [-0.05, 0) is 67.1 Å². The van der Waals surface area contributed by atoms with Crippen molar-refractivity contribution >= 4 is 38.6 Å². The highest BCUT2D eigenvalue weighted by Crippen LogP contribution is 2.22. The summed E-state index contributed by atoms with van der Waals surface area (Å²) in [6.45, 7) is 2.03. The number of halogens is 1. The number of imidazole rings is 1. The molecule has 2 aromatic carbocycles. The van der Waals surface area contributed by atoms with Crippen molar-refractivity contribution in [1.29, 1.82) is 5.26 Å². The number of fused-ring (bicyclic) bond motifs is 1. The second-order valence-corrected chi connectivity index (χ2v) is 6.97. The Morgan fingerprint density at radius 3 is 2.77 bits per heavy atom. The van der Waals surface area contributed by atoms with E-state index in [0.29, 0.717) is 11.4 Å². The van der Waals surface area contributed by atoms with Gasteiger partial charge in [-0.3, -0.25) is 0 Å². The maximum absolute atomic E-state index is 9.66. The predicted octanol–water partition coefficient (Wildman–Crippen LogP) is 5.49. The Labute approximate surface area is 159 Å². The van der Waals surface area contributed by atoms with Gasteiger partial charge in [-0.15, -0.1) is 0 Å². The van der Waals surface area contributed by atoms with Crippen molar-refractivity contribution in [2.24, 2.45) is 0 Å². The van der Waals surface area contributed by atoms with Crippen molar-refractivity contribution < 1.29 is 0 Å². The van der Waals surface area contributed by atoms with E-state index in [1.807, 2.05) is 78.4 Å². The number of benzene rings is 2. The van der Waals surface area contributed by atoms with Crippen LogP contribution in [0.2, 0.25) is 0 Å². The molecule has 0 aliphatic rings. The molecule has 0 radical (unpaired) electrons. The number of aromatic amines is 1. The molecular weight excluding hydrogens is 388 g/mol. The Balaban J connectivity index is 1.77. The van der Waals surface area contributed by atoms with Gasteiger partial charge in [0, 0.05) is 22.1 Å². The first kappa shape index (κ1) is 16.4. The third-order valence-corrected chi connectivity index (χ3v) is 4.72. The molecule has 26 heavy (non-hydrogen) atoms. The van der Waals surface area contributed by atoms with E-state index in [0.717, 1.165) is 32.5 Å². The monoisotopic (exact) mass is 402 g/mol. The van der Waals surface area contributed by atoms with Crippen LogP contribution in [-0.2, 0) is 0 Å². The molecule has 0 saturated heterocycles. The van der Waals surface area contributed by atoms with Gasteiger partial charge < -0.3 is 9.55 Å². The van der Waals surface area contributed by atoms with E-state index < -0.39 is 0 Å². The van der Waals surface area contributed by atoms with Gasteiger partial charge in [-0.25, -0.2) is 4.98 Å². The molecule has 0 aliphatic carbocycles. The second kappa shape index (κ2) is 6.66. The molecule has 0 atom stereocenters. The van der Waals surface area contributed by atoms with Crippen molar-refractivity contribution in [3.8, 4) is 11.8 Å². The highest BCUT2D eigenvalue weighted by Gasteiger charge is 2.10. The molecule has 4 aromatic rings. The van der Waals surface area contributed by atoms with Crippen molar-refractivity contribution in [2.75, 3.05) is 0 Å². The van der Waals surface area contributed by atoms with Crippen LogP contribution in [0.5, 0.6) is 0 Å². The van der Waals surface area contributed by atoms with Crippen LogP contribution < -0.4 is 0 Å². The van der Waals surface area contributed by atoms with Crippen LogP contribution in [0.3, 0.4) is 0 Å². The van der Waals surface area contributed by atoms with Crippen LogP contribution in [0, 0.1) is 18.3 Å². The second-order valence-electron chi connectivity index (χ2n) is 6.06. The highest BCUT2D eigenvalue weighted by atomic mass is 79.9. The summed E-state index contributed by atoms with van der Waals surface area (Å²) in [7, 11) is 0. The summed E-state index contributed by atoms with van der Waals surface area (Å²) in [5, 5.41) is 9.66. The standard InChI is InChI=1S/C21H15BrN4/c1-14-4-9-19-20(11-14)25-21(24-19)15(13-23)12-18-3-2-10-26(18)17-7-5-16(22)6-8-17/h2-12H,1H3,(H,24,25)/b15-12-. The molecule has 4 rings (SSSR count). The summed E-state index contributed by atoms with van der Waals surface area (Å²) in [5.74, 6) is 0.580. The number of nitrogens with zero attached hydrogens (tertiary/aromatic N) is 3. The highest BCUT2D eigenvalue weighted by molar-refractivity contribution is 9.10. The Hall–Kier alpha value is -3.10. The molecule has 5 heteroatoms. The largest absolute Gasteiger partial charge is 0.337 e. The van der Waals surface area contributed by atoms with E-state index in [4.69, 9.17) is 0 Å². The van der Waals surface area contributed by atoms with Crippen LogP contribution in [0.15, 0.2) is 65.3 Å². The average Bonchev–Trinajstić information content (AvgIpc) is 3.26. The average molecular weight is 403 g/mol. The van der Waals surface area contributed by atoms with E-state index >= 15 is 0 Å². The van der Waals surface area contributed by atoms with E-state index in [1.165, 1.54) is 0 Å². The Morgan fingerprint density at radius 1 is 1.19 bits per heavy atom. The van der Waals surface area contributed by atoms with Crippen LogP contribution in [-0.4, -0.2) is 14.5 Å². The Morgan fingerprint density at radius 2 is 2.00 bits per heavy atom. The number of aryl methyl sites for hydroxylation is 1. The SMILES string of the molecule is Cc1ccc2nc(/C(C#N)=C\c3cccn3-c3ccc(Br)cc3)[nH]c2c1. The number of nitrogens with one attached hydrogen (secondary N) is 1. The molecule has 0 spiro atoms. The molecular formula is C21H15BrN4. The van der Waals surface area contributed by atoms with Crippen LogP contribution >= 0.6 is 15.9 Å². The van der Waals surface area contributed by atoms with E-state index in [-0.39, 0.29) is 0 Å². The van der Waals surface area contributed by atoms with Gasteiger partial charge in [-0.1, -0.05) is 22.0 Å². The van der Waals surface area contributed by atoms with E-state index in [2.05, 4.69) is 32.0 Å². The van der Waals surface area contributed by atoms with Crippen LogP contribution in [0.4, 0.5) is 0 Å². The maximum Gasteiger partial charge on any atom is 0.149 e. The summed E-state index contributed by atoms with van der Waals surface area (Å²) in [6, 6.07) is 20.3. The van der Waals surface area contributed by atoms with Gasteiger partial charge in [0.1, 0.15) is 11.9 Å². The van der Waals surface area contributed by atoms with Crippen LogP contribution in [0.25, 0.3) is 28.4 Å². The summed E-state index contributed by atoms with van der Waals surface area (Å²) in [5.41, 5.74) is 5.39. The number of hydrogen-bond donors (Lipinski definition) is 1. The van der Waals surface area contributed by atoms with Gasteiger partial charge in [0.25, 0.3) is 0 Å². The molecule has 0 aliphatic heterocycles. The van der Waals surface area contributed by atoms with E-state index in [9.17, 15) is 5.26 Å². The lowest BCUT2D eigenvalue weighted by molar-refractivity contribution is 1.06. The molecule has 4 nitrogen and oxygen atoms in total. The summed E-state index contributed by atoms with van der Waals surface area (Å²) < 4.78 is 3.07. The minimum atomic E-state index is 0.496. The first-order valence-electron chi connectivity index (χ1n) is 8.16. The lowest BCUT2D eigenvalue weighted by Gasteiger charge is -2.07. The summed E-state index contributed by atoms with van der Waals surface area (Å²) in [4.78, 5) is 7.81. The number of aromatic nitrogens is 3. The smallest absolute Gasteiger partial charge is 0.149 e. The molecule has 0 unspecified atom stereocenters. The van der Waals surface area contributed by atoms with Crippen LogP contribution in [0.1, 0.15) is 17.1 Å². The maximum atomic E-state index is 9.66. The minimum Gasteiger partial charge on any atom is -0.337 e. The number of hydrogen-bond acceptors (Lipinski definition) is 2. The first-order chi connectivity index (χ1) is 12.6. The van der Waals surface area contributed by atoms with Gasteiger partial charge in [0.2, 0.25) is 0 Å². The zero-order chi connectivity index (χ0) is 18.1. The van der Waals surface area contributed by atoms with Gasteiger partial charge in [0.05, 0.1) is 16.6 Å². The molecule has 1 N–H and O–H groups in total. The fourth-order valence-electron chi connectivity index (χ4n) is 2.90. The van der Waals surface area contributed by atoms with Crippen molar-refractivity contribution in [2.45, 2.75) is 6.92 Å². The minimum absolute atomic E-state index is 0.496. The van der Waals surface area contributed by atoms with Crippen molar-refractivity contribution in [1.82, 2.24) is 14.5 Å². The number of H-pyrrole nitrogens is 1. The topological polar surface area (TPSA) is 57.4 Å². The van der Waals surface area contributed by atoms with Gasteiger partial charge >= 0.3 is 0 Å². The fourth-order valence-corrected chi connectivity index (χ4v) is 3.17. The third-order valence-electron chi connectivity index (χ3n) is 4.19. The lowest BCUT2D eigenvalue weighted by Crippen LogP contribution is -1.95. The zero-order valence-electron chi connectivity index (χ0n) is 14.1. The third kappa shape index (κ3) is 3.07. The summed E-state index contributed by atoms with van der Waals surface area (Å²) in [6.07, 6.45) is 3.83. The molecule has 0 saturated carbocycles. The Bertz CT molecular complexity index is 1160. The fraction of sp³-hybridized carbons (Fsp3) is 0.0476. The Kier molecular flexibility index (Phi) is 4.19. The first-order valence-corrected chi connectivity index (χ1v) is 8.95. The van der Waals surface area contributed by atoms with Gasteiger partial charge in [0.15, 0.2) is 0 Å². The zero-order valence-corrected chi connectivity index (χ0v) is 15.7. The van der Waals surface area contributed by atoms with Crippen molar-refractivity contribution in [3.63, 3.8) is 0 Å². The normalized spacial score (nSPS) is 11.7. The quantitative estimate of drug-likeness (QED) is 0.460. The number of nitriles is 1. The number of rotatable bonds is 3. The molecule has 0 bridgehead atoms. The predicted molar refractivity (Wildman–Crippen MR) is 108 cm³/mol. The molecule has 2 heterocycles. The van der Waals surface area contributed by atoms with Crippen molar-refractivity contribution in [3.05, 3.63) is 82.3 Å². The number of allylic oxidation sites excluding steroid dienone is 1. The summed E-state index contributed by atoms with van der Waals surface area (Å²) >= 11 is 3.45. The van der Waals surface area contributed by atoms with E-state index in [1.54, 1.807) is 0 Å². The molecule has 2 aromatic heterocycles. The van der Waals surface area contributed by atoms with Gasteiger partial charge in [-0.2, -0.15) is 5.26 Å². The molecule has 0 amide bonds. The molecule has 0 fully saturated rings. The lowest BCUT2D eigenvalue weighted by atomic mass is 10.2. The molecule has 126 valence electrons.